The second-order valence-corrected chi connectivity index (χ2v) is 3.61. The molecule has 3 amide bonds. The number of hydrogen-bond donors (Lipinski definition) is 1. The maximum absolute atomic E-state index is 11.8. The van der Waals surface area contributed by atoms with Crippen LogP contribution in [-0.2, 0) is 14.4 Å². The quantitative estimate of drug-likeness (QED) is 0.577. The van der Waals surface area contributed by atoms with Crippen molar-refractivity contribution in [3.8, 4) is 0 Å². The maximum Gasteiger partial charge on any atom is 0.261 e. The number of carbonyl (C=O) groups is 3. The fourth-order valence-electron chi connectivity index (χ4n) is 1.76. The molecular formula is C9H11N3O3. The van der Waals surface area contributed by atoms with Gasteiger partial charge in [0.1, 0.15) is 12.0 Å². The van der Waals surface area contributed by atoms with Gasteiger partial charge in [-0.05, 0) is 13.3 Å². The fourth-order valence-corrected chi connectivity index (χ4v) is 1.76. The smallest absolute Gasteiger partial charge is 0.261 e. The minimum atomic E-state index is -0.733. The number of aliphatic imine (C=N–C) groups is 1. The number of carbonyl (C=O) groups excluding carboxylic acids is 3. The van der Waals surface area contributed by atoms with Crippen molar-refractivity contribution in [1.29, 1.82) is 0 Å². The van der Waals surface area contributed by atoms with Gasteiger partial charge in [0.05, 0.1) is 0 Å². The molecule has 0 aliphatic carbocycles. The monoisotopic (exact) mass is 209 g/mol. The Morgan fingerprint density at radius 2 is 2.07 bits per heavy atom. The lowest BCUT2D eigenvalue weighted by Gasteiger charge is -2.26. The van der Waals surface area contributed by atoms with Gasteiger partial charge in [0.15, 0.2) is 0 Å². The molecule has 2 rings (SSSR count). The molecule has 6 heteroatoms. The van der Waals surface area contributed by atoms with Crippen molar-refractivity contribution >= 4 is 23.7 Å². The Labute approximate surface area is 86.3 Å². The van der Waals surface area contributed by atoms with Crippen molar-refractivity contribution < 1.29 is 14.4 Å². The van der Waals surface area contributed by atoms with Crippen LogP contribution < -0.4 is 5.32 Å². The number of amides is 3. The summed E-state index contributed by atoms with van der Waals surface area (Å²) in [5, 5.41) is 2.41. The SMILES string of the molecule is CC[C@H]1C(=O)N=C2NC(=O)[C@H](C)N2C1=O. The predicted molar refractivity (Wildman–Crippen MR) is 50.7 cm³/mol. The van der Waals surface area contributed by atoms with Crippen molar-refractivity contribution in [1.82, 2.24) is 10.2 Å². The zero-order valence-corrected chi connectivity index (χ0v) is 8.48. The third kappa shape index (κ3) is 1.25. The summed E-state index contributed by atoms with van der Waals surface area (Å²) in [6, 6.07) is -0.571. The largest absolute Gasteiger partial charge is 0.294 e. The van der Waals surface area contributed by atoms with Crippen LogP contribution in [0.4, 0.5) is 0 Å². The van der Waals surface area contributed by atoms with E-state index in [1.807, 2.05) is 0 Å². The Kier molecular flexibility index (Phi) is 2.06. The summed E-state index contributed by atoms with van der Waals surface area (Å²) in [5.74, 6) is -1.76. The highest BCUT2D eigenvalue weighted by atomic mass is 16.2. The molecule has 2 aliphatic heterocycles. The highest BCUT2D eigenvalue weighted by Gasteiger charge is 2.45. The number of fused-ring (bicyclic) bond motifs is 1. The summed E-state index contributed by atoms with van der Waals surface area (Å²) in [6.45, 7) is 3.36. The van der Waals surface area contributed by atoms with E-state index in [1.54, 1.807) is 13.8 Å². The van der Waals surface area contributed by atoms with E-state index in [9.17, 15) is 14.4 Å². The first-order valence-electron chi connectivity index (χ1n) is 4.82. The van der Waals surface area contributed by atoms with E-state index in [1.165, 1.54) is 4.90 Å². The lowest BCUT2D eigenvalue weighted by molar-refractivity contribution is -0.141. The van der Waals surface area contributed by atoms with E-state index >= 15 is 0 Å². The Bertz CT molecular complexity index is 388. The van der Waals surface area contributed by atoms with Crippen LogP contribution in [0.15, 0.2) is 4.99 Å². The fraction of sp³-hybridized carbons (Fsp3) is 0.556. The zero-order chi connectivity index (χ0) is 11.2. The van der Waals surface area contributed by atoms with Crippen LogP contribution in [0.1, 0.15) is 20.3 Å². The molecule has 2 aliphatic rings. The van der Waals surface area contributed by atoms with Crippen LogP contribution in [0.2, 0.25) is 0 Å². The maximum atomic E-state index is 11.8. The molecule has 0 spiro atoms. The van der Waals surface area contributed by atoms with Crippen molar-refractivity contribution in [3.05, 3.63) is 0 Å². The van der Waals surface area contributed by atoms with Crippen molar-refractivity contribution in [2.75, 3.05) is 0 Å². The molecule has 2 atom stereocenters. The van der Waals surface area contributed by atoms with Crippen LogP contribution in [0.3, 0.4) is 0 Å². The third-order valence-electron chi connectivity index (χ3n) is 2.69. The van der Waals surface area contributed by atoms with Crippen LogP contribution in [0, 0.1) is 5.92 Å². The molecule has 0 aromatic heterocycles. The van der Waals surface area contributed by atoms with Crippen LogP contribution in [0.5, 0.6) is 0 Å². The molecule has 1 N–H and O–H groups in total. The van der Waals surface area contributed by atoms with Gasteiger partial charge in [-0.2, -0.15) is 4.99 Å². The van der Waals surface area contributed by atoms with E-state index in [0.29, 0.717) is 6.42 Å². The molecule has 0 aromatic rings. The summed E-state index contributed by atoms with van der Waals surface area (Å²) in [4.78, 5) is 39.5. The summed E-state index contributed by atoms with van der Waals surface area (Å²) in [7, 11) is 0. The van der Waals surface area contributed by atoms with E-state index in [0.717, 1.165) is 0 Å². The minimum absolute atomic E-state index is 0.0761. The van der Waals surface area contributed by atoms with Gasteiger partial charge in [0.2, 0.25) is 17.8 Å². The van der Waals surface area contributed by atoms with Crippen molar-refractivity contribution in [3.63, 3.8) is 0 Å². The van der Waals surface area contributed by atoms with Crippen LogP contribution in [0.25, 0.3) is 0 Å². The standard InChI is InChI=1S/C9H11N3O3/c1-3-5-7(14)11-9-10-6(13)4(2)12(9)8(5)15/h4-5H,3H2,1-2H3,(H,10,11,13,14)/t4-,5-/m0/s1. The molecule has 2 heterocycles. The number of nitrogens with zero attached hydrogens (tertiary/aromatic N) is 2. The van der Waals surface area contributed by atoms with Crippen LogP contribution >= 0.6 is 0 Å². The molecule has 0 unspecified atom stereocenters. The van der Waals surface area contributed by atoms with E-state index < -0.39 is 17.9 Å². The van der Waals surface area contributed by atoms with Gasteiger partial charge < -0.3 is 0 Å². The summed E-state index contributed by atoms with van der Waals surface area (Å²) in [5.41, 5.74) is 0. The first kappa shape index (κ1) is 9.82. The molecule has 0 aromatic carbocycles. The predicted octanol–water partition coefficient (Wildman–Crippen LogP) is -0.744. The van der Waals surface area contributed by atoms with Crippen molar-refractivity contribution in [2.45, 2.75) is 26.3 Å². The Hall–Kier alpha value is -1.72. The number of rotatable bonds is 1. The lowest BCUT2D eigenvalue weighted by Crippen LogP contribution is -2.48. The topological polar surface area (TPSA) is 78.8 Å². The summed E-state index contributed by atoms with van der Waals surface area (Å²) >= 11 is 0. The second kappa shape index (κ2) is 3.15. The molecule has 80 valence electrons. The normalized spacial score (nSPS) is 30.1. The Balaban J connectivity index is 2.42. The van der Waals surface area contributed by atoms with Gasteiger partial charge in [0, 0.05) is 0 Å². The minimum Gasteiger partial charge on any atom is -0.294 e. The molecule has 15 heavy (non-hydrogen) atoms. The number of nitrogens with one attached hydrogen (secondary N) is 1. The summed E-state index contributed by atoms with van der Waals surface area (Å²) < 4.78 is 0. The average molecular weight is 209 g/mol. The highest BCUT2D eigenvalue weighted by molar-refractivity contribution is 6.22. The number of hydrogen-bond acceptors (Lipinski definition) is 3. The molecule has 1 saturated heterocycles. The molecule has 6 nitrogen and oxygen atoms in total. The first-order chi connectivity index (χ1) is 7.06. The van der Waals surface area contributed by atoms with Crippen LogP contribution in [-0.4, -0.2) is 34.6 Å². The zero-order valence-electron chi connectivity index (χ0n) is 8.48. The third-order valence-corrected chi connectivity index (χ3v) is 2.69. The molecular weight excluding hydrogens is 198 g/mol. The Morgan fingerprint density at radius 3 is 2.67 bits per heavy atom. The first-order valence-corrected chi connectivity index (χ1v) is 4.82. The average Bonchev–Trinajstić information content (AvgIpc) is 2.43. The summed E-state index contributed by atoms with van der Waals surface area (Å²) in [6.07, 6.45) is 0.409. The molecule has 1 fully saturated rings. The van der Waals surface area contributed by atoms with Gasteiger partial charge >= 0.3 is 0 Å². The van der Waals surface area contributed by atoms with Gasteiger partial charge in [-0.25, -0.2) is 0 Å². The van der Waals surface area contributed by atoms with Gasteiger partial charge in [-0.1, -0.05) is 6.92 Å². The highest BCUT2D eigenvalue weighted by Crippen LogP contribution is 2.21. The second-order valence-electron chi connectivity index (χ2n) is 3.61. The van der Waals surface area contributed by atoms with E-state index in [2.05, 4.69) is 10.3 Å². The van der Waals surface area contributed by atoms with E-state index in [4.69, 9.17) is 0 Å². The van der Waals surface area contributed by atoms with E-state index in [-0.39, 0.29) is 17.8 Å². The van der Waals surface area contributed by atoms with Crippen molar-refractivity contribution in [2.24, 2.45) is 10.9 Å². The lowest BCUT2D eigenvalue weighted by atomic mass is 10.0. The van der Waals surface area contributed by atoms with Gasteiger partial charge in [-0.15, -0.1) is 0 Å². The molecule has 0 radical (unpaired) electrons. The molecule has 0 bridgehead atoms. The van der Waals surface area contributed by atoms with Gasteiger partial charge in [0.25, 0.3) is 5.91 Å². The van der Waals surface area contributed by atoms with Gasteiger partial charge in [-0.3, -0.25) is 24.6 Å². The Morgan fingerprint density at radius 1 is 1.40 bits per heavy atom. The molecule has 0 saturated carbocycles. The number of guanidine groups is 1.